The van der Waals surface area contributed by atoms with Crippen molar-refractivity contribution >= 4 is 0 Å². The number of nitriles is 1. The maximum absolute atomic E-state index is 10.0. The molecule has 3 nitrogen and oxygen atoms in total. The van der Waals surface area contributed by atoms with Crippen LogP contribution in [0.5, 0.6) is 5.75 Å². The van der Waals surface area contributed by atoms with E-state index in [-0.39, 0.29) is 0 Å². The lowest BCUT2D eigenvalue weighted by Gasteiger charge is -2.15. The van der Waals surface area contributed by atoms with Crippen LogP contribution in [0.15, 0.2) is 42.5 Å². The van der Waals surface area contributed by atoms with Gasteiger partial charge in [0.15, 0.2) is 0 Å². The highest BCUT2D eigenvalue weighted by Crippen LogP contribution is 2.27. The Morgan fingerprint density at radius 3 is 2.67 bits per heavy atom. The van der Waals surface area contributed by atoms with Crippen LogP contribution in [0.4, 0.5) is 0 Å². The molecule has 0 saturated carbocycles. The SMILES string of the molecule is CC[C@H](O)c1ccccc1OCc1ccc(C#N)cc1C. The number of nitrogens with zero attached hydrogens (tertiary/aromatic N) is 1. The second-order valence-electron chi connectivity index (χ2n) is 5.00. The van der Waals surface area contributed by atoms with Crippen molar-refractivity contribution in [2.24, 2.45) is 0 Å². The van der Waals surface area contributed by atoms with Crippen LogP contribution < -0.4 is 4.74 Å². The Labute approximate surface area is 125 Å². The molecule has 0 heterocycles. The van der Waals surface area contributed by atoms with Gasteiger partial charge in [-0.25, -0.2) is 0 Å². The number of hydrogen-bond donors (Lipinski definition) is 1. The zero-order valence-corrected chi connectivity index (χ0v) is 12.3. The fourth-order valence-electron chi connectivity index (χ4n) is 2.19. The molecule has 2 aromatic carbocycles. The van der Waals surface area contributed by atoms with Gasteiger partial charge in [0.2, 0.25) is 0 Å². The van der Waals surface area contributed by atoms with Crippen molar-refractivity contribution in [3.05, 3.63) is 64.7 Å². The zero-order valence-electron chi connectivity index (χ0n) is 12.3. The first-order valence-corrected chi connectivity index (χ1v) is 7.05. The van der Waals surface area contributed by atoms with Gasteiger partial charge in [0, 0.05) is 5.56 Å². The standard InChI is InChI=1S/C18H19NO2/c1-3-17(20)16-6-4-5-7-18(16)21-12-15-9-8-14(11-19)10-13(15)2/h4-10,17,20H,3,12H2,1-2H3/t17-/m0/s1. The van der Waals surface area contributed by atoms with Crippen LogP contribution in [0.3, 0.4) is 0 Å². The van der Waals surface area contributed by atoms with Gasteiger partial charge in [0.05, 0.1) is 17.7 Å². The van der Waals surface area contributed by atoms with E-state index in [1.807, 2.05) is 50.2 Å². The monoisotopic (exact) mass is 281 g/mol. The first-order chi connectivity index (χ1) is 10.2. The molecular formula is C18H19NO2. The van der Waals surface area contributed by atoms with Gasteiger partial charge in [-0.1, -0.05) is 31.2 Å². The molecule has 2 aromatic rings. The predicted molar refractivity (Wildman–Crippen MR) is 81.9 cm³/mol. The van der Waals surface area contributed by atoms with Crippen LogP contribution in [-0.2, 0) is 6.61 Å². The summed E-state index contributed by atoms with van der Waals surface area (Å²) in [5.74, 6) is 0.704. The van der Waals surface area contributed by atoms with Gasteiger partial charge < -0.3 is 9.84 Å². The highest BCUT2D eigenvalue weighted by Gasteiger charge is 2.11. The maximum atomic E-state index is 10.0. The lowest BCUT2D eigenvalue weighted by Crippen LogP contribution is -2.03. The van der Waals surface area contributed by atoms with Gasteiger partial charge in [-0.15, -0.1) is 0 Å². The lowest BCUT2D eigenvalue weighted by molar-refractivity contribution is 0.166. The molecule has 0 saturated heterocycles. The first kappa shape index (κ1) is 15.1. The summed E-state index contributed by atoms with van der Waals surface area (Å²) in [6, 6.07) is 15.2. The first-order valence-electron chi connectivity index (χ1n) is 7.05. The molecule has 0 radical (unpaired) electrons. The predicted octanol–water partition coefficient (Wildman–Crippen LogP) is 3.89. The Bertz CT molecular complexity index is 659. The van der Waals surface area contributed by atoms with Crippen LogP contribution in [0.25, 0.3) is 0 Å². The molecule has 0 fully saturated rings. The molecular weight excluding hydrogens is 262 g/mol. The summed E-state index contributed by atoms with van der Waals surface area (Å²) in [7, 11) is 0. The van der Waals surface area contributed by atoms with E-state index < -0.39 is 6.10 Å². The number of para-hydroxylation sites is 1. The third-order valence-corrected chi connectivity index (χ3v) is 3.52. The van der Waals surface area contributed by atoms with Crippen molar-refractivity contribution in [1.29, 1.82) is 5.26 Å². The molecule has 0 unspecified atom stereocenters. The number of ether oxygens (including phenoxy) is 1. The minimum atomic E-state index is -0.511. The van der Waals surface area contributed by atoms with Crippen molar-refractivity contribution in [2.45, 2.75) is 33.0 Å². The van der Waals surface area contributed by atoms with Crippen LogP contribution >= 0.6 is 0 Å². The Balaban J connectivity index is 2.16. The Kier molecular flexibility index (Phi) is 4.97. The summed E-state index contributed by atoms with van der Waals surface area (Å²) < 4.78 is 5.86. The van der Waals surface area contributed by atoms with E-state index in [1.165, 1.54) is 0 Å². The van der Waals surface area contributed by atoms with Gasteiger partial charge in [-0.2, -0.15) is 5.26 Å². The van der Waals surface area contributed by atoms with Crippen LogP contribution in [0, 0.1) is 18.3 Å². The second-order valence-corrected chi connectivity index (χ2v) is 5.00. The Morgan fingerprint density at radius 1 is 1.24 bits per heavy atom. The number of rotatable bonds is 5. The summed E-state index contributed by atoms with van der Waals surface area (Å²) in [5.41, 5.74) is 3.53. The normalized spacial score (nSPS) is 11.7. The summed E-state index contributed by atoms with van der Waals surface area (Å²) in [6.07, 6.45) is 0.138. The number of aliphatic hydroxyl groups is 1. The molecule has 0 aliphatic carbocycles. The van der Waals surface area contributed by atoms with E-state index in [4.69, 9.17) is 10.00 Å². The van der Waals surface area contributed by atoms with Crippen molar-refractivity contribution in [3.8, 4) is 11.8 Å². The molecule has 0 spiro atoms. The van der Waals surface area contributed by atoms with Gasteiger partial charge in [0.1, 0.15) is 12.4 Å². The summed E-state index contributed by atoms with van der Waals surface area (Å²) >= 11 is 0. The van der Waals surface area contributed by atoms with Crippen molar-refractivity contribution in [2.75, 3.05) is 0 Å². The van der Waals surface area contributed by atoms with E-state index >= 15 is 0 Å². The zero-order chi connectivity index (χ0) is 15.2. The minimum Gasteiger partial charge on any atom is -0.489 e. The minimum absolute atomic E-state index is 0.422. The maximum Gasteiger partial charge on any atom is 0.125 e. The Hall–Kier alpha value is -2.31. The number of benzene rings is 2. The topological polar surface area (TPSA) is 53.2 Å². The summed E-state index contributed by atoms with van der Waals surface area (Å²) in [4.78, 5) is 0. The fourth-order valence-corrected chi connectivity index (χ4v) is 2.19. The number of hydrogen-bond acceptors (Lipinski definition) is 3. The van der Waals surface area contributed by atoms with E-state index in [9.17, 15) is 5.11 Å². The molecule has 3 heteroatoms. The van der Waals surface area contributed by atoms with Crippen LogP contribution in [-0.4, -0.2) is 5.11 Å². The molecule has 0 bridgehead atoms. The smallest absolute Gasteiger partial charge is 0.125 e. The Morgan fingerprint density at radius 2 is 2.00 bits per heavy atom. The second kappa shape index (κ2) is 6.92. The molecule has 108 valence electrons. The third-order valence-electron chi connectivity index (χ3n) is 3.52. The molecule has 1 N–H and O–H groups in total. The van der Waals surface area contributed by atoms with E-state index in [0.717, 1.165) is 16.7 Å². The summed E-state index contributed by atoms with van der Waals surface area (Å²) in [6.45, 7) is 4.32. The van der Waals surface area contributed by atoms with Gasteiger partial charge in [-0.3, -0.25) is 0 Å². The highest BCUT2D eigenvalue weighted by atomic mass is 16.5. The highest BCUT2D eigenvalue weighted by molar-refractivity contribution is 5.38. The molecule has 2 rings (SSSR count). The van der Waals surface area contributed by atoms with Crippen molar-refractivity contribution in [3.63, 3.8) is 0 Å². The number of aryl methyl sites for hydroxylation is 1. The van der Waals surface area contributed by atoms with E-state index in [2.05, 4.69) is 6.07 Å². The van der Waals surface area contributed by atoms with Crippen LogP contribution in [0.1, 0.15) is 41.7 Å². The lowest BCUT2D eigenvalue weighted by atomic mass is 10.1. The molecule has 0 aliphatic rings. The van der Waals surface area contributed by atoms with Gasteiger partial charge >= 0.3 is 0 Å². The largest absolute Gasteiger partial charge is 0.489 e. The average Bonchev–Trinajstić information content (AvgIpc) is 2.53. The summed E-state index contributed by atoms with van der Waals surface area (Å²) in [5, 5.41) is 18.9. The van der Waals surface area contributed by atoms with Crippen molar-refractivity contribution in [1.82, 2.24) is 0 Å². The molecule has 1 atom stereocenters. The van der Waals surface area contributed by atoms with Crippen LogP contribution in [0.2, 0.25) is 0 Å². The molecule has 21 heavy (non-hydrogen) atoms. The van der Waals surface area contributed by atoms with Gasteiger partial charge in [-0.05, 0) is 42.7 Å². The van der Waals surface area contributed by atoms with Crippen molar-refractivity contribution < 1.29 is 9.84 Å². The van der Waals surface area contributed by atoms with E-state index in [0.29, 0.717) is 24.3 Å². The average molecular weight is 281 g/mol. The molecule has 0 aliphatic heterocycles. The van der Waals surface area contributed by atoms with E-state index in [1.54, 1.807) is 6.07 Å². The fraction of sp³-hybridized carbons (Fsp3) is 0.278. The third kappa shape index (κ3) is 3.62. The quantitative estimate of drug-likeness (QED) is 0.904. The molecule has 0 amide bonds. The molecule has 0 aromatic heterocycles. The van der Waals surface area contributed by atoms with Gasteiger partial charge in [0.25, 0.3) is 0 Å². The number of aliphatic hydroxyl groups excluding tert-OH is 1.